The molecular weight excluding hydrogens is 190 g/mol. The Balaban J connectivity index is 2.23. The van der Waals surface area contributed by atoms with Gasteiger partial charge in [0.15, 0.2) is 0 Å². The van der Waals surface area contributed by atoms with E-state index in [0.717, 1.165) is 25.7 Å². The zero-order valence-corrected chi connectivity index (χ0v) is 10.3. The largest absolute Gasteiger partial charge is 0.394 e. The summed E-state index contributed by atoms with van der Waals surface area (Å²) in [5, 5.41) is 9.24. The SMILES string of the molecule is CN(CCC1CCOCC1)C(C)(C)CO. The van der Waals surface area contributed by atoms with Crippen LogP contribution < -0.4 is 0 Å². The lowest BCUT2D eigenvalue weighted by Crippen LogP contribution is -2.45. The zero-order chi connectivity index (χ0) is 11.3. The molecule has 1 heterocycles. The molecule has 0 atom stereocenters. The van der Waals surface area contributed by atoms with Crippen molar-refractivity contribution in [2.45, 2.75) is 38.6 Å². The zero-order valence-electron chi connectivity index (χ0n) is 10.3. The molecule has 1 fully saturated rings. The topological polar surface area (TPSA) is 32.7 Å². The van der Waals surface area contributed by atoms with Crippen molar-refractivity contribution >= 4 is 0 Å². The molecule has 0 aromatic heterocycles. The van der Waals surface area contributed by atoms with E-state index in [9.17, 15) is 5.11 Å². The Labute approximate surface area is 93.4 Å². The van der Waals surface area contributed by atoms with Gasteiger partial charge in [-0.05, 0) is 52.6 Å². The van der Waals surface area contributed by atoms with Crippen LogP contribution in [0.4, 0.5) is 0 Å². The van der Waals surface area contributed by atoms with Crippen LogP contribution in [0.3, 0.4) is 0 Å². The number of hydrogen-bond acceptors (Lipinski definition) is 3. The van der Waals surface area contributed by atoms with E-state index in [1.807, 2.05) is 0 Å². The quantitative estimate of drug-likeness (QED) is 0.754. The first-order chi connectivity index (χ1) is 7.06. The molecular formula is C12H25NO2. The van der Waals surface area contributed by atoms with E-state index in [-0.39, 0.29) is 12.1 Å². The average Bonchev–Trinajstić information content (AvgIpc) is 2.27. The fourth-order valence-corrected chi connectivity index (χ4v) is 1.83. The van der Waals surface area contributed by atoms with E-state index in [2.05, 4.69) is 25.8 Å². The summed E-state index contributed by atoms with van der Waals surface area (Å²) in [6.07, 6.45) is 3.63. The Morgan fingerprint density at radius 1 is 1.33 bits per heavy atom. The molecule has 0 aromatic carbocycles. The van der Waals surface area contributed by atoms with Crippen LogP contribution in [0.2, 0.25) is 0 Å². The highest BCUT2D eigenvalue weighted by Gasteiger charge is 2.23. The summed E-state index contributed by atoms with van der Waals surface area (Å²) in [6.45, 7) is 7.30. The third kappa shape index (κ3) is 4.09. The second-order valence-corrected chi connectivity index (χ2v) is 5.24. The Hall–Kier alpha value is -0.120. The van der Waals surface area contributed by atoms with Gasteiger partial charge in [-0.1, -0.05) is 0 Å². The van der Waals surface area contributed by atoms with Gasteiger partial charge >= 0.3 is 0 Å². The van der Waals surface area contributed by atoms with Crippen LogP contribution in [0.25, 0.3) is 0 Å². The smallest absolute Gasteiger partial charge is 0.0609 e. The number of aliphatic hydroxyl groups excluding tert-OH is 1. The third-order valence-corrected chi connectivity index (χ3v) is 3.63. The van der Waals surface area contributed by atoms with Gasteiger partial charge in [0, 0.05) is 18.8 Å². The van der Waals surface area contributed by atoms with Crippen LogP contribution in [0.5, 0.6) is 0 Å². The van der Waals surface area contributed by atoms with Gasteiger partial charge in [-0.2, -0.15) is 0 Å². The van der Waals surface area contributed by atoms with Crippen molar-refractivity contribution in [3.8, 4) is 0 Å². The summed E-state index contributed by atoms with van der Waals surface area (Å²) in [4.78, 5) is 2.25. The Morgan fingerprint density at radius 3 is 2.47 bits per heavy atom. The monoisotopic (exact) mass is 215 g/mol. The molecule has 0 spiro atoms. The first-order valence-electron chi connectivity index (χ1n) is 5.96. The van der Waals surface area contributed by atoms with Crippen molar-refractivity contribution in [2.75, 3.05) is 33.4 Å². The van der Waals surface area contributed by atoms with Crippen molar-refractivity contribution in [1.29, 1.82) is 0 Å². The molecule has 1 rings (SSSR count). The van der Waals surface area contributed by atoms with Gasteiger partial charge in [-0.3, -0.25) is 4.90 Å². The maximum Gasteiger partial charge on any atom is 0.0609 e. The highest BCUT2D eigenvalue weighted by molar-refractivity contribution is 4.78. The molecule has 1 saturated heterocycles. The fraction of sp³-hybridized carbons (Fsp3) is 1.00. The van der Waals surface area contributed by atoms with E-state index < -0.39 is 0 Å². The van der Waals surface area contributed by atoms with Gasteiger partial charge in [-0.25, -0.2) is 0 Å². The van der Waals surface area contributed by atoms with E-state index in [1.165, 1.54) is 19.3 Å². The van der Waals surface area contributed by atoms with Gasteiger partial charge < -0.3 is 9.84 Å². The third-order valence-electron chi connectivity index (χ3n) is 3.63. The number of nitrogens with zero attached hydrogens (tertiary/aromatic N) is 1. The molecule has 15 heavy (non-hydrogen) atoms. The summed E-state index contributed by atoms with van der Waals surface area (Å²) in [5.74, 6) is 0.815. The van der Waals surface area contributed by atoms with Crippen LogP contribution in [0.1, 0.15) is 33.1 Å². The summed E-state index contributed by atoms with van der Waals surface area (Å²) >= 11 is 0. The highest BCUT2D eigenvalue weighted by atomic mass is 16.5. The number of aliphatic hydroxyl groups is 1. The van der Waals surface area contributed by atoms with Crippen LogP contribution in [0, 0.1) is 5.92 Å². The van der Waals surface area contributed by atoms with E-state index in [0.29, 0.717) is 0 Å². The second kappa shape index (κ2) is 5.83. The van der Waals surface area contributed by atoms with Crippen molar-refractivity contribution < 1.29 is 9.84 Å². The van der Waals surface area contributed by atoms with Crippen LogP contribution in [0.15, 0.2) is 0 Å². The molecule has 0 saturated carbocycles. The molecule has 1 N–H and O–H groups in total. The van der Waals surface area contributed by atoms with Crippen LogP contribution >= 0.6 is 0 Å². The first kappa shape index (κ1) is 12.9. The maximum atomic E-state index is 9.24. The minimum atomic E-state index is -0.0921. The minimum absolute atomic E-state index is 0.0921. The molecule has 3 heteroatoms. The Morgan fingerprint density at radius 2 is 1.93 bits per heavy atom. The standard InChI is InChI=1S/C12H25NO2/c1-12(2,10-14)13(3)7-4-11-5-8-15-9-6-11/h11,14H,4-10H2,1-3H3. The minimum Gasteiger partial charge on any atom is -0.394 e. The molecule has 1 aliphatic heterocycles. The maximum absolute atomic E-state index is 9.24. The molecule has 0 aromatic rings. The highest BCUT2D eigenvalue weighted by Crippen LogP contribution is 2.20. The van der Waals surface area contributed by atoms with Gasteiger partial charge in [0.05, 0.1) is 6.61 Å². The lowest BCUT2D eigenvalue weighted by atomic mass is 9.95. The lowest BCUT2D eigenvalue weighted by molar-refractivity contribution is 0.0453. The van der Waals surface area contributed by atoms with Crippen LogP contribution in [-0.4, -0.2) is 49.0 Å². The average molecular weight is 215 g/mol. The normalized spacial score (nSPS) is 19.8. The number of hydrogen-bond donors (Lipinski definition) is 1. The van der Waals surface area contributed by atoms with Crippen molar-refractivity contribution in [3.63, 3.8) is 0 Å². The molecule has 0 amide bonds. The molecule has 90 valence electrons. The molecule has 0 bridgehead atoms. The predicted molar refractivity (Wildman–Crippen MR) is 62.0 cm³/mol. The van der Waals surface area contributed by atoms with Crippen molar-refractivity contribution in [2.24, 2.45) is 5.92 Å². The van der Waals surface area contributed by atoms with E-state index in [4.69, 9.17) is 4.74 Å². The van der Waals surface area contributed by atoms with Gasteiger partial charge in [0.25, 0.3) is 0 Å². The molecule has 3 nitrogen and oxygen atoms in total. The van der Waals surface area contributed by atoms with E-state index >= 15 is 0 Å². The summed E-state index contributed by atoms with van der Waals surface area (Å²) in [7, 11) is 2.09. The van der Waals surface area contributed by atoms with Gasteiger partial charge in [0.2, 0.25) is 0 Å². The van der Waals surface area contributed by atoms with Crippen LogP contribution in [-0.2, 0) is 4.74 Å². The first-order valence-corrected chi connectivity index (χ1v) is 5.96. The fourth-order valence-electron chi connectivity index (χ4n) is 1.83. The predicted octanol–water partition coefficient (Wildman–Crippen LogP) is 1.51. The number of rotatable bonds is 5. The molecule has 0 unspecified atom stereocenters. The summed E-state index contributed by atoms with van der Waals surface area (Å²) in [6, 6.07) is 0. The van der Waals surface area contributed by atoms with E-state index in [1.54, 1.807) is 0 Å². The van der Waals surface area contributed by atoms with Crippen molar-refractivity contribution in [1.82, 2.24) is 4.90 Å². The van der Waals surface area contributed by atoms with Gasteiger partial charge in [0.1, 0.15) is 0 Å². The molecule has 0 aliphatic carbocycles. The molecule has 0 radical (unpaired) electrons. The number of likely N-dealkylation sites (N-methyl/N-ethyl adjacent to an activating group) is 1. The summed E-state index contributed by atoms with van der Waals surface area (Å²) < 4.78 is 5.34. The summed E-state index contributed by atoms with van der Waals surface area (Å²) in [5.41, 5.74) is -0.0921. The second-order valence-electron chi connectivity index (χ2n) is 5.24. The lowest BCUT2D eigenvalue weighted by Gasteiger charge is -2.35. The Bertz CT molecular complexity index is 176. The van der Waals surface area contributed by atoms with Gasteiger partial charge in [-0.15, -0.1) is 0 Å². The van der Waals surface area contributed by atoms with Crippen molar-refractivity contribution in [3.05, 3.63) is 0 Å². The number of ether oxygens (including phenoxy) is 1. The molecule has 1 aliphatic rings. The Kier molecular flexibility index (Phi) is 5.03.